The van der Waals surface area contributed by atoms with E-state index < -0.39 is 0 Å². The summed E-state index contributed by atoms with van der Waals surface area (Å²) >= 11 is 0. The van der Waals surface area contributed by atoms with Gasteiger partial charge in [-0.05, 0) is 24.5 Å². The smallest absolute Gasteiger partial charge is 0.0607 e. The van der Waals surface area contributed by atoms with Crippen LogP contribution >= 0.6 is 0 Å². The van der Waals surface area contributed by atoms with Gasteiger partial charge < -0.3 is 5.32 Å². The minimum absolute atomic E-state index is 0.474. The second-order valence-corrected chi connectivity index (χ2v) is 4.44. The Morgan fingerprint density at radius 2 is 2.18 bits per heavy atom. The van der Waals surface area contributed by atoms with Crippen LogP contribution in [-0.4, -0.2) is 16.0 Å². The Bertz CT molecular complexity index is 496. The van der Waals surface area contributed by atoms with Crippen molar-refractivity contribution < 1.29 is 0 Å². The fraction of sp³-hybridized carbons (Fsp3) is 0.286. The minimum Gasteiger partial charge on any atom is -0.382 e. The molecule has 0 bridgehead atoms. The largest absolute Gasteiger partial charge is 0.382 e. The zero-order valence-electron chi connectivity index (χ0n) is 9.63. The summed E-state index contributed by atoms with van der Waals surface area (Å²) in [6, 6.07) is 9.00. The average molecular weight is 225 g/mol. The van der Waals surface area contributed by atoms with Crippen LogP contribution in [0.3, 0.4) is 0 Å². The molecule has 0 saturated carbocycles. The number of aryl methyl sites for hydroxylation is 1. The molecule has 0 saturated heterocycles. The van der Waals surface area contributed by atoms with Crippen LogP contribution in [-0.2, 0) is 12.8 Å². The molecule has 0 fully saturated rings. The van der Waals surface area contributed by atoms with Gasteiger partial charge in [0.25, 0.3) is 0 Å². The van der Waals surface area contributed by atoms with Crippen molar-refractivity contribution >= 4 is 5.69 Å². The highest BCUT2D eigenvalue weighted by molar-refractivity contribution is 5.53. The maximum atomic E-state index is 4.33. The second kappa shape index (κ2) is 4.53. The van der Waals surface area contributed by atoms with Crippen LogP contribution in [0.25, 0.3) is 0 Å². The lowest BCUT2D eigenvalue weighted by molar-refractivity contribution is 0.619. The molecule has 1 aromatic heterocycles. The van der Waals surface area contributed by atoms with Crippen LogP contribution in [0.5, 0.6) is 0 Å². The normalized spacial score (nSPS) is 18.2. The summed E-state index contributed by atoms with van der Waals surface area (Å²) < 4.78 is 0. The summed E-state index contributed by atoms with van der Waals surface area (Å²) in [5, 5.41) is 3.58. The highest BCUT2D eigenvalue weighted by atomic mass is 14.9. The Balaban J connectivity index is 1.72. The van der Waals surface area contributed by atoms with E-state index in [-0.39, 0.29) is 0 Å². The van der Waals surface area contributed by atoms with Crippen molar-refractivity contribution in [3.05, 3.63) is 54.1 Å². The van der Waals surface area contributed by atoms with Crippen molar-refractivity contribution in [1.29, 1.82) is 0 Å². The average Bonchev–Trinajstić information content (AvgIpc) is 2.40. The quantitative estimate of drug-likeness (QED) is 0.853. The molecule has 3 heteroatoms. The summed E-state index contributed by atoms with van der Waals surface area (Å²) in [5.41, 5.74) is 3.75. The lowest BCUT2D eigenvalue weighted by atomic mass is 9.95. The van der Waals surface area contributed by atoms with E-state index in [1.54, 1.807) is 12.4 Å². The van der Waals surface area contributed by atoms with Crippen LogP contribution < -0.4 is 5.32 Å². The molecule has 0 spiro atoms. The molecular weight excluding hydrogens is 210 g/mol. The van der Waals surface area contributed by atoms with Gasteiger partial charge in [0, 0.05) is 36.7 Å². The fourth-order valence-electron chi connectivity index (χ4n) is 2.34. The number of rotatable bonds is 2. The first kappa shape index (κ1) is 10.3. The van der Waals surface area contributed by atoms with Crippen molar-refractivity contribution in [1.82, 2.24) is 9.97 Å². The number of hydrogen-bond acceptors (Lipinski definition) is 3. The van der Waals surface area contributed by atoms with Crippen LogP contribution in [0.2, 0.25) is 0 Å². The first-order chi connectivity index (χ1) is 8.42. The van der Waals surface area contributed by atoms with Crippen molar-refractivity contribution in [3.8, 4) is 0 Å². The molecular formula is C14H15N3. The van der Waals surface area contributed by atoms with Crippen LogP contribution in [0.4, 0.5) is 5.69 Å². The van der Waals surface area contributed by atoms with Crippen LogP contribution in [0.15, 0.2) is 42.9 Å². The first-order valence-corrected chi connectivity index (χ1v) is 6.01. The fourth-order valence-corrected chi connectivity index (χ4v) is 2.34. The van der Waals surface area contributed by atoms with E-state index in [0.29, 0.717) is 6.04 Å². The van der Waals surface area contributed by atoms with Gasteiger partial charge in [0.1, 0.15) is 0 Å². The summed E-state index contributed by atoms with van der Waals surface area (Å²) in [5.74, 6) is 0. The number of anilines is 1. The summed E-state index contributed by atoms with van der Waals surface area (Å²) in [7, 11) is 0. The predicted molar refractivity (Wildman–Crippen MR) is 67.9 cm³/mol. The molecule has 86 valence electrons. The van der Waals surface area contributed by atoms with Crippen molar-refractivity contribution in [2.24, 2.45) is 0 Å². The first-order valence-electron chi connectivity index (χ1n) is 6.01. The number of nitrogens with one attached hydrogen (secondary N) is 1. The lowest BCUT2D eigenvalue weighted by Gasteiger charge is -2.26. The lowest BCUT2D eigenvalue weighted by Crippen LogP contribution is -2.27. The number of para-hydroxylation sites is 1. The van der Waals surface area contributed by atoms with Crippen molar-refractivity contribution in [2.75, 3.05) is 5.32 Å². The third-order valence-electron chi connectivity index (χ3n) is 3.21. The second-order valence-electron chi connectivity index (χ2n) is 4.44. The highest BCUT2D eigenvalue weighted by Gasteiger charge is 2.17. The molecule has 1 aliphatic heterocycles. The zero-order chi connectivity index (χ0) is 11.5. The number of fused-ring (bicyclic) bond motifs is 1. The Morgan fingerprint density at radius 3 is 3.06 bits per heavy atom. The Morgan fingerprint density at radius 1 is 1.24 bits per heavy atom. The van der Waals surface area contributed by atoms with Gasteiger partial charge in [-0.1, -0.05) is 18.2 Å². The molecule has 0 aliphatic carbocycles. The molecule has 0 amide bonds. The topological polar surface area (TPSA) is 37.8 Å². The van der Waals surface area contributed by atoms with Gasteiger partial charge in [-0.15, -0.1) is 0 Å². The number of nitrogens with zero attached hydrogens (tertiary/aromatic N) is 2. The Hall–Kier alpha value is -1.90. The molecule has 1 aliphatic rings. The molecule has 1 unspecified atom stereocenters. The van der Waals surface area contributed by atoms with E-state index in [2.05, 4.69) is 39.6 Å². The van der Waals surface area contributed by atoms with Crippen LogP contribution in [0.1, 0.15) is 17.7 Å². The minimum atomic E-state index is 0.474. The molecule has 2 aromatic rings. The van der Waals surface area contributed by atoms with Gasteiger partial charge in [0.2, 0.25) is 0 Å². The van der Waals surface area contributed by atoms with Gasteiger partial charge in [0.15, 0.2) is 0 Å². The highest BCUT2D eigenvalue weighted by Crippen LogP contribution is 2.25. The molecule has 1 N–H and O–H groups in total. The zero-order valence-corrected chi connectivity index (χ0v) is 9.63. The molecule has 17 heavy (non-hydrogen) atoms. The SMILES string of the molecule is c1ccc2c(c1)CCC(Cc1cnccn1)N2. The summed E-state index contributed by atoms with van der Waals surface area (Å²) in [6.45, 7) is 0. The molecule has 1 aromatic carbocycles. The van der Waals surface area contributed by atoms with E-state index in [9.17, 15) is 0 Å². The molecule has 2 heterocycles. The molecule has 3 nitrogen and oxygen atoms in total. The standard InChI is InChI=1S/C14H15N3/c1-2-4-14-11(3-1)5-6-12(17-14)9-13-10-15-7-8-16-13/h1-4,7-8,10,12,17H,5-6,9H2. The van der Waals surface area contributed by atoms with Crippen LogP contribution in [0, 0.1) is 0 Å². The van der Waals surface area contributed by atoms with E-state index in [0.717, 1.165) is 25.0 Å². The van der Waals surface area contributed by atoms with Gasteiger partial charge in [-0.3, -0.25) is 9.97 Å². The van der Waals surface area contributed by atoms with Gasteiger partial charge in [-0.25, -0.2) is 0 Å². The molecule has 0 radical (unpaired) electrons. The Labute approximate surface area is 101 Å². The van der Waals surface area contributed by atoms with Gasteiger partial charge in [-0.2, -0.15) is 0 Å². The maximum absolute atomic E-state index is 4.33. The molecule has 3 rings (SSSR count). The number of aromatic nitrogens is 2. The monoisotopic (exact) mass is 225 g/mol. The summed E-state index contributed by atoms with van der Waals surface area (Å²) in [4.78, 5) is 8.43. The number of benzene rings is 1. The summed E-state index contributed by atoms with van der Waals surface area (Å²) in [6.07, 6.45) is 8.57. The van der Waals surface area contributed by atoms with E-state index in [1.807, 2.05) is 6.20 Å². The third kappa shape index (κ3) is 2.28. The van der Waals surface area contributed by atoms with Gasteiger partial charge >= 0.3 is 0 Å². The van der Waals surface area contributed by atoms with Crippen molar-refractivity contribution in [3.63, 3.8) is 0 Å². The van der Waals surface area contributed by atoms with Gasteiger partial charge in [0.05, 0.1) is 5.69 Å². The van der Waals surface area contributed by atoms with E-state index in [4.69, 9.17) is 0 Å². The molecule has 1 atom stereocenters. The van der Waals surface area contributed by atoms with Crippen molar-refractivity contribution in [2.45, 2.75) is 25.3 Å². The number of hydrogen-bond donors (Lipinski definition) is 1. The predicted octanol–water partition coefficient (Wildman–Crippen LogP) is 2.45. The maximum Gasteiger partial charge on any atom is 0.0607 e. The Kier molecular flexibility index (Phi) is 2.74. The van der Waals surface area contributed by atoms with E-state index >= 15 is 0 Å². The van der Waals surface area contributed by atoms with E-state index in [1.165, 1.54) is 11.3 Å². The third-order valence-corrected chi connectivity index (χ3v) is 3.21.